The molecule has 2 aromatic rings. The van der Waals surface area contributed by atoms with Crippen LogP contribution in [0.15, 0.2) is 48.5 Å². The zero-order valence-electron chi connectivity index (χ0n) is 9.90. The van der Waals surface area contributed by atoms with Crippen molar-refractivity contribution in [1.82, 2.24) is 5.32 Å². The molecule has 2 aliphatic rings. The number of benzene rings is 2. The van der Waals surface area contributed by atoms with Crippen molar-refractivity contribution >= 4 is 0 Å². The van der Waals surface area contributed by atoms with E-state index < -0.39 is 0 Å². The highest BCUT2D eigenvalue weighted by Gasteiger charge is 2.45. The molecule has 2 atom stereocenters. The molecule has 2 heterocycles. The van der Waals surface area contributed by atoms with Crippen molar-refractivity contribution in [2.24, 2.45) is 0 Å². The summed E-state index contributed by atoms with van der Waals surface area (Å²) in [7, 11) is 0. The third-order valence-corrected chi connectivity index (χ3v) is 4.32. The molecule has 0 saturated carbocycles. The highest BCUT2D eigenvalue weighted by atomic mass is 15.1. The Hall–Kier alpha value is -1.60. The molecule has 1 nitrogen and oxygen atoms in total. The molecule has 0 aliphatic carbocycles. The van der Waals surface area contributed by atoms with Crippen LogP contribution < -0.4 is 5.32 Å². The molecule has 0 aromatic heterocycles. The Bertz CT molecular complexity index is 589. The quantitative estimate of drug-likeness (QED) is 0.720. The molecular formula is C16H15N. The Morgan fingerprint density at radius 2 is 1.71 bits per heavy atom. The standard InChI is InChI=1S/C16H15N/c1-16-13-8-4-2-6-11(13)10-15(17-16)12-7-3-5-9-14(12)16/h2-9,15,17H,10H2,1H3/t15-,16-/m1/s1. The number of fused-ring (bicyclic) bond motifs is 7. The predicted octanol–water partition coefficient (Wildman–Crippen LogP) is 3.15. The third kappa shape index (κ3) is 1.07. The smallest absolute Gasteiger partial charge is 0.0672 e. The second kappa shape index (κ2) is 2.99. The average Bonchev–Trinajstić information content (AvgIpc) is 2.61. The van der Waals surface area contributed by atoms with E-state index in [4.69, 9.17) is 0 Å². The largest absolute Gasteiger partial charge is 0.297 e. The molecule has 1 N–H and O–H groups in total. The first-order chi connectivity index (χ1) is 8.29. The maximum absolute atomic E-state index is 3.79. The van der Waals surface area contributed by atoms with Crippen LogP contribution in [0.3, 0.4) is 0 Å². The maximum Gasteiger partial charge on any atom is 0.0672 e. The number of rotatable bonds is 0. The maximum atomic E-state index is 3.79. The minimum absolute atomic E-state index is 0.0100. The van der Waals surface area contributed by atoms with E-state index >= 15 is 0 Å². The zero-order valence-corrected chi connectivity index (χ0v) is 9.90. The number of hydrogen-bond donors (Lipinski definition) is 1. The normalized spacial score (nSPS) is 28.6. The van der Waals surface area contributed by atoms with E-state index in [1.54, 1.807) is 0 Å². The summed E-state index contributed by atoms with van der Waals surface area (Å²) in [5.74, 6) is 0. The Balaban J connectivity index is 2.05. The van der Waals surface area contributed by atoms with Crippen molar-refractivity contribution in [1.29, 1.82) is 0 Å². The Morgan fingerprint density at radius 1 is 1.00 bits per heavy atom. The van der Waals surface area contributed by atoms with Gasteiger partial charge in [0.25, 0.3) is 0 Å². The van der Waals surface area contributed by atoms with Crippen LogP contribution in [0.1, 0.15) is 35.2 Å². The van der Waals surface area contributed by atoms with Crippen LogP contribution in [0.5, 0.6) is 0 Å². The van der Waals surface area contributed by atoms with Crippen molar-refractivity contribution in [2.45, 2.75) is 24.9 Å². The van der Waals surface area contributed by atoms with E-state index in [9.17, 15) is 0 Å². The fourth-order valence-corrected chi connectivity index (χ4v) is 3.55. The summed E-state index contributed by atoms with van der Waals surface area (Å²) in [6, 6.07) is 18.2. The summed E-state index contributed by atoms with van der Waals surface area (Å²) in [4.78, 5) is 0. The van der Waals surface area contributed by atoms with Gasteiger partial charge in [-0.05, 0) is 35.6 Å². The van der Waals surface area contributed by atoms with Crippen LogP contribution in [0.4, 0.5) is 0 Å². The van der Waals surface area contributed by atoms with Crippen molar-refractivity contribution in [2.75, 3.05) is 0 Å². The lowest BCUT2D eigenvalue weighted by atomic mass is 9.82. The van der Waals surface area contributed by atoms with Crippen molar-refractivity contribution in [3.8, 4) is 0 Å². The molecule has 0 fully saturated rings. The van der Waals surface area contributed by atoms with E-state index in [1.807, 2.05) is 0 Å². The second-order valence-corrected chi connectivity index (χ2v) is 5.27. The molecule has 0 radical (unpaired) electrons. The van der Waals surface area contributed by atoms with Gasteiger partial charge < -0.3 is 0 Å². The van der Waals surface area contributed by atoms with Crippen LogP contribution in [0.25, 0.3) is 0 Å². The van der Waals surface area contributed by atoms with Gasteiger partial charge in [-0.3, -0.25) is 5.32 Å². The summed E-state index contributed by atoms with van der Waals surface area (Å²) in [5.41, 5.74) is 5.88. The summed E-state index contributed by atoms with van der Waals surface area (Å²) in [6.07, 6.45) is 1.11. The van der Waals surface area contributed by atoms with E-state index in [0.29, 0.717) is 6.04 Å². The van der Waals surface area contributed by atoms with Crippen molar-refractivity contribution < 1.29 is 0 Å². The van der Waals surface area contributed by atoms with Gasteiger partial charge in [-0.2, -0.15) is 0 Å². The van der Waals surface area contributed by atoms with Gasteiger partial charge in [0.1, 0.15) is 0 Å². The average molecular weight is 221 g/mol. The highest BCUT2D eigenvalue weighted by molar-refractivity contribution is 5.54. The molecule has 0 amide bonds. The Kier molecular flexibility index (Phi) is 1.66. The lowest BCUT2D eigenvalue weighted by molar-refractivity contribution is 0.389. The van der Waals surface area contributed by atoms with E-state index in [1.165, 1.54) is 22.3 Å². The lowest BCUT2D eigenvalue weighted by Crippen LogP contribution is -2.41. The first kappa shape index (κ1) is 9.43. The van der Waals surface area contributed by atoms with Gasteiger partial charge >= 0.3 is 0 Å². The fraction of sp³-hybridized carbons (Fsp3) is 0.250. The molecule has 17 heavy (non-hydrogen) atoms. The van der Waals surface area contributed by atoms with Crippen LogP contribution in [0.2, 0.25) is 0 Å². The third-order valence-electron chi connectivity index (χ3n) is 4.32. The molecule has 0 saturated heterocycles. The minimum atomic E-state index is 0.0100. The van der Waals surface area contributed by atoms with Gasteiger partial charge in [0.15, 0.2) is 0 Å². The van der Waals surface area contributed by atoms with Gasteiger partial charge in [-0.1, -0.05) is 48.5 Å². The summed E-state index contributed by atoms with van der Waals surface area (Å²) >= 11 is 0. The molecule has 2 aromatic carbocycles. The van der Waals surface area contributed by atoms with Crippen molar-refractivity contribution in [3.05, 3.63) is 70.8 Å². The Morgan fingerprint density at radius 3 is 2.59 bits per heavy atom. The first-order valence-corrected chi connectivity index (χ1v) is 6.24. The second-order valence-electron chi connectivity index (χ2n) is 5.27. The zero-order chi connectivity index (χ0) is 11.5. The van der Waals surface area contributed by atoms with E-state index in [2.05, 4.69) is 60.8 Å². The fourth-order valence-electron chi connectivity index (χ4n) is 3.55. The topological polar surface area (TPSA) is 12.0 Å². The van der Waals surface area contributed by atoms with Crippen molar-refractivity contribution in [3.63, 3.8) is 0 Å². The summed E-state index contributed by atoms with van der Waals surface area (Å²) in [6.45, 7) is 2.31. The first-order valence-electron chi connectivity index (χ1n) is 6.24. The highest BCUT2D eigenvalue weighted by Crippen LogP contribution is 2.47. The monoisotopic (exact) mass is 221 g/mol. The van der Waals surface area contributed by atoms with Gasteiger partial charge in [0.05, 0.1) is 5.54 Å². The predicted molar refractivity (Wildman–Crippen MR) is 68.9 cm³/mol. The molecule has 0 spiro atoms. The lowest BCUT2D eigenvalue weighted by Gasteiger charge is -2.34. The SMILES string of the molecule is C[C@@]12N[C@H](Cc3ccccc31)c1ccccc12. The number of hydrogen-bond acceptors (Lipinski definition) is 1. The van der Waals surface area contributed by atoms with E-state index in [0.717, 1.165) is 6.42 Å². The van der Waals surface area contributed by atoms with Gasteiger partial charge in [-0.15, -0.1) is 0 Å². The molecule has 2 bridgehead atoms. The molecule has 2 aliphatic heterocycles. The molecular weight excluding hydrogens is 206 g/mol. The van der Waals surface area contributed by atoms with Gasteiger partial charge in [0.2, 0.25) is 0 Å². The van der Waals surface area contributed by atoms with Crippen LogP contribution in [-0.2, 0) is 12.0 Å². The molecule has 84 valence electrons. The minimum Gasteiger partial charge on any atom is -0.297 e. The molecule has 1 heteroatoms. The van der Waals surface area contributed by atoms with Crippen LogP contribution in [0, 0.1) is 0 Å². The van der Waals surface area contributed by atoms with Crippen LogP contribution in [-0.4, -0.2) is 0 Å². The van der Waals surface area contributed by atoms with Gasteiger partial charge in [0, 0.05) is 6.04 Å². The van der Waals surface area contributed by atoms with Gasteiger partial charge in [-0.25, -0.2) is 0 Å². The molecule has 4 rings (SSSR count). The summed E-state index contributed by atoms with van der Waals surface area (Å²) < 4.78 is 0. The Labute approximate surface area is 101 Å². The van der Waals surface area contributed by atoms with E-state index in [-0.39, 0.29) is 5.54 Å². The van der Waals surface area contributed by atoms with Crippen LogP contribution >= 0.6 is 0 Å². The summed E-state index contributed by atoms with van der Waals surface area (Å²) in [5, 5.41) is 3.79. The number of nitrogens with one attached hydrogen (secondary N) is 1. The molecule has 0 unspecified atom stereocenters.